The molecule has 0 aliphatic heterocycles. The molecular weight excluding hydrogens is 261 g/mol. The van der Waals surface area contributed by atoms with Gasteiger partial charge in [0.1, 0.15) is 0 Å². The molecule has 0 N–H and O–H groups in total. The lowest BCUT2D eigenvalue weighted by Gasteiger charge is -2.05. The highest BCUT2D eigenvalue weighted by Gasteiger charge is 2.08. The number of aromatic nitrogens is 1. The first-order valence-corrected chi connectivity index (χ1v) is 5.90. The molecule has 0 spiro atoms. The molecule has 19 heavy (non-hydrogen) atoms. The second-order valence-electron chi connectivity index (χ2n) is 4.27. The van der Waals surface area contributed by atoms with Gasteiger partial charge in [0.25, 0.3) is 0 Å². The molecule has 0 unspecified atom stereocenters. The van der Waals surface area contributed by atoms with Crippen molar-refractivity contribution >= 4 is 23.2 Å². The van der Waals surface area contributed by atoms with E-state index in [4.69, 9.17) is 0 Å². The molecule has 2 aromatic carbocycles. The highest BCUT2D eigenvalue weighted by atomic mass is 35.5. The van der Waals surface area contributed by atoms with Gasteiger partial charge in [0.05, 0.1) is 5.69 Å². The molecule has 3 rings (SSSR count). The van der Waals surface area contributed by atoms with Gasteiger partial charge in [-0.3, -0.25) is 4.98 Å². The van der Waals surface area contributed by atoms with Gasteiger partial charge in [0.15, 0.2) is 5.82 Å². The van der Waals surface area contributed by atoms with Crippen molar-refractivity contribution in [2.75, 3.05) is 0 Å². The smallest absolute Gasteiger partial charge is 0.152 e. The second-order valence-corrected chi connectivity index (χ2v) is 4.27. The fourth-order valence-electron chi connectivity index (χ4n) is 2.08. The van der Waals surface area contributed by atoms with Crippen molar-refractivity contribution in [1.29, 1.82) is 0 Å². The van der Waals surface area contributed by atoms with E-state index < -0.39 is 0 Å². The average molecular weight is 274 g/mol. The Morgan fingerprint density at radius 2 is 1.58 bits per heavy atom. The quantitative estimate of drug-likeness (QED) is 0.675. The first kappa shape index (κ1) is 13.5. The zero-order chi connectivity index (χ0) is 12.4. The summed E-state index contributed by atoms with van der Waals surface area (Å²) in [6.45, 7) is 0. The van der Waals surface area contributed by atoms with Crippen LogP contribution >= 0.6 is 12.4 Å². The molecule has 0 radical (unpaired) electrons. The Morgan fingerprint density at radius 3 is 2.37 bits per heavy atom. The zero-order valence-corrected chi connectivity index (χ0v) is 11.0. The fourth-order valence-corrected chi connectivity index (χ4v) is 2.08. The molecule has 0 saturated heterocycles. The fraction of sp³-hybridized carbons (Fsp3) is 0.0625. The number of benzene rings is 2. The second kappa shape index (κ2) is 5.81. The van der Waals surface area contributed by atoms with Gasteiger partial charge in [-0.1, -0.05) is 54.6 Å². The molecule has 0 aliphatic carbocycles. The maximum Gasteiger partial charge on any atom is 0.152 e. The minimum Gasteiger partial charge on any atom is -0.257 e. The largest absolute Gasteiger partial charge is 0.257 e. The first-order valence-electron chi connectivity index (χ1n) is 5.90. The summed E-state index contributed by atoms with van der Waals surface area (Å²) < 4.78 is 14.3. The van der Waals surface area contributed by atoms with Gasteiger partial charge in [-0.2, -0.15) is 0 Å². The van der Waals surface area contributed by atoms with Gasteiger partial charge in [-0.05, 0) is 5.56 Å². The van der Waals surface area contributed by atoms with Crippen LogP contribution in [0.25, 0.3) is 10.8 Å². The van der Waals surface area contributed by atoms with E-state index in [0.717, 1.165) is 10.9 Å². The normalized spacial score (nSPS) is 10.2. The molecule has 1 aromatic heterocycles. The highest BCUT2D eigenvalue weighted by Crippen LogP contribution is 2.20. The van der Waals surface area contributed by atoms with Gasteiger partial charge in [-0.15, -0.1) is 12.4 Å². The van der Waals surface area contributed by atoms with E-state index in [2.05, 4.69) is 4.98 Å². The number of hydrogen-bond donors (Lipinski definition) is 0. The number of halogens is 2. The van der Waals surface area contributed by atoms with Gasteiger partial charge < -0.3 is 0 Å². The molecular formula is C16H13ClFN. The molecule has 3 heteroatoms. The Morgan fingerprint density at radius 1 is 0.895 bits per heavy atom. The predicted octanol–water partition coefficient (Wildman–Crippen LogP) is 4.39. The Labute approximate surface area is 117 Å². The molecule has 0 bridgehead atoms. The van der Waals surface area contributed by atoms with E-state index >= 15 is 0 Å². The molecule has 1 heterocycles. The van der Waals surface area contributed by atoms with E-state index in [1.807, 2.05) is 48.5 Å². The Hall–Kier alpha value is -1.93. The summed E-state index contributed by atoms with van der Waals surface area (Å²) >= 11 is 0. The van der Waals surface area contributed by atoms with Crippen molar-refractivity contribution in [3.8, 4) is 0 Å². The summed E-state index contributed by atoms with van der Waals surface area (Å²) in [4.78, 5) is 4.23. The lowest BCUT2D eigenvalue weighted by Crippen LogP contribution is -1.97. The average Bonchev–Trinajstić information content (AvgIpc) is 2.43. The van der Waals surface area contributed by atoms with Crippen LogP contribution in [0.2, 0.25) is 0 Å². The molecule has 0 amide bonds. The van der Waals surface area contributed by atoms with Crippen molar-refractivity contribution in [2.45, 2.75) is 6.42 Å². The van der Waals surface area contributed by atoms with Crippen molar-refractivity contribution in [3.63, 3.8) is 0 Å². The third-order valence-electron chi connectivity index (χ3n) is 3.02. The summed E-state index contributed by atoms with van der Waals surface area (Å²) in [5.74, 6) is -0.211. The monoisotopic (exact) mass is 273 g/mol. The van der Waals surface area contributed by atoms with E-state index in [9.17, 15) is 4.39 Å². The van der Waals surface area contributed by atoms with Crippen molar-refractivity contribution in [2.24, 2.45) is 0 Å². The minimum atomic E-state index is -0.211. The maximum atomic E-state index is 14.3. The van der Waals surface area contributed by atoms with Crippen LogP contribution in [0.4, 0.5) is 4.39 Å². The predicted molar refractivity (Wildman–Crippen MR) is 78.2 cm³/mol. The highest BCUT2D eigenvalue weighted by molar-refractivity contribution is 5.85. The lowest BCUT2D eigenvalue weighted by atomic mass is 10.1. The molecule has 96 valence electrons. The molecule has 0 saturated carbocycles. The SMILES string of the molecule is Cl.Fc1c(Cc2ccccc2)ncc2ccccc12. The Kier molecular flexibility index (Phi) is 4.13. The van der Waals surface area contributed by atoms with Crippen LogP contribution in [0.3, 0.4) is 0 Å². The topological polar surface area (TPSA) is 12.9 Å². The van der Waals surface area contributed by atoms with Crippen molar-refractivity contribution < 1.29 is 4.39 Å². The van der Waals surface area contributed by atoms with E-state index in [1.165, 1.54) is 0 Å². The number of hydrogen-bond acceptors (Lipinski definition) is 1. The Balaban J connectivity index is 0.00000133. The third kappa shape index (κ3) is 2.74. The summed E-state index contributed by atoms with van der Waals surface area (Å²) in [7, 11) is 0. The number of rotatable bonds is 2. The Bertz CT molecular complexity index is 683. The molecule has 3 aromatic rings. The number of fused-ring (bicyclic) bond motifs is 1. The van der Waals surface area contributed by atoms with Crippen molar-refractivity contribution in [1.82, 2.24) is 4.98 Å². The van der Waals surface area contributed by atoms with Gasteiger partial charge in [0.2, 0.25) is 0 Å². The van der Waals surface area contributed by atoms with E-state index in [0.29, 0.717) is 17.5 Å². The van der Waals surface area contributed by atoms with E-state index in [-0.39, 0.29) is 18.2 Å². The summed E-state index contributed by atoms with van der Waals surface area (Å²) in [5.41, 5.74) is 1.57. The van der Waals surface area contributed by atoms with Crippen LogP contribution in [-0.2, 0) is 6.42 Å². The van der Waals surface area contributed by atoms with Crippen LogP contribution in [-0.4, -0.2) is 4.98 Å². The third-order valence-corrected chi connectivity index (χ3v) is 3.02. The molecule has 1 nitrogen and oxygen atoms in total. The first-order chi connectivity index (χ1) is 8.84. The van der Waals surface area contributed by atoms with Crippen LogP contribution in [0.5, 0.6) is 0 Å². The minimum absolute atomic E-state index is 0. The summed E-state index contributed by atoms with van der Waals surface area (Å²) in [5, 5.41) is 1.48. The van der Waals surface area contributed by atoms with Gasteiger partial charge >= 0.3 is 0 Å². The standard InChI is InChI=1S/C16H12FN.ClH/c17-16-14-9-5-4-8-13(14)11-18-15(16)10-12-6-2-1-3-7-12;/h1-9,11H,10H2;1H. The van der Waals surface area contributed by atoms with E-state index in [1.54, 1.807) is 12.3 Å². The molecule has 0 fully saturated rings. The van der Waals surface area contributed by atoms with Crippen LogP contribution in [0, 0.1) is 5.82 Å². The maximum absolute atomic E-state index is 14.3. The number of pyridine rings is 1. The van der Waals surface area contributed by atoms with Crippen LogP contribution in [0.1, 0.15) is 11.3 Å². The number of nitrogens with zero attached hydrogens (tertiary/aromatic N) is 1. The summed E-state index contributed by atoms with van der Waals surface area (Å²) in [6, 6.07) is 17.2. The molecule has 0 atom stereocenters. The van der Waals surface area contributed by atoms with Gasteiger partial charge in [0, 0.05) is 23.4 Å². The van der Waals surface area contributed by atoms with Crippen LogP contribution in [0.15, 0.2) is 60.8 Å². The molecule has 0 aliphatic rings. The van der Waals surface area contributed by atoms with Crippen molar-refractivity contribution in [3.05, 3.63) is 77.9 Å². The van der Waals surface area contributed by atoms with Gasteiger partial charge in [-0.25, -0.2) is 4.39 Å². The summed E-state index contributed by atoms with van der Waals surface area (Å²) in [6.07, 6.45) is 2.26. The van der Waals surface area contributed by atoms with Crippen LogP contribution < -0.4 is 0 Å². The zero-order valence-electron chi connectivity index (χ0n) is 10.2. The lowest BCUT2D eigenvalue weighted by molar-refractivity contribution is 0.617.